The molecule has 4 nitrogen and oxygen atoms in total. The summed E-state index contributed by atoms with van der Waals surface area (Å²) in [6.45, 7) is 5.17. The zero-order valence-electron chi connectivity index (χ0n) is 10.7. The third-order valence-corrected chi connectivity index (χ3v) is 2.16. The molecule has 1 aromatic rings. The van der Waals surface area contributed by atoms with Gasteiger partial charge < -0.3 is 15.4 Å². The normalized spacial score (nSPS) is 10.7. The number of rotatable bonds is 7. The van der Waals surface area contributed by atoms with Crippen LogP contribution in [0, 0.1) is 5.82 Å². The second kappa shape index (κ2) is 7.79. The molecule has 18 heavy (non-hydrogen) atoms. The Balaban J connectivity index is 2.20. The third-order valence-electron chi connectivity index (χ3n) is 2.16. The number of benzene rings is 1. The van der Waals surface area contributed by atoms with Crippen molar-refractivity contribution in [1.29, 1.82) is 0 Å². The average molecular weight is 254 g/mol. The Morgan fingerprint density at radius 3 is 2.78 bits per heavy atom. The van der Waals surface area contributed by atoms with Crippen LogP contribution in [0.15, 0.2) is 24.3 Å². The topological polar surface area (TPSA) is 50.4 Å². The molecule has 1 amide bonds. The highest BCUT2D eigenvalue weighted by Crippen LogP contribution is 2.11. The molecule has 1 rings (SSSR count). The summed E-state index contributed by atoms with van der Waals surface area (Å²) in [4.78, 5) is 11.5. The average Bonchev–Trinajstić information content (AvgIpc) is 2.31. The first-order valence-corrected chi connectivity index (χ1v) is 5.96. The third kappa shape index (κ3) is 5.75. The molecule has 100 valence electrons. The van der Waals surface area contributed by atoms with Crippen molar-refractivity contribution in [2.24, 2.45) is 0 Å². The summed E-state index contributed by atoms with van der Waals surface area (Å²) in [7, 11) is 0. The monoisotopic (exact) mass is 254 g/mol. The van der Waals surface area contributed by atoms with Crippen molar-refractivity contribution in [3.8, 4) is 0 Å². The predicted octanol–water partition coefficient (Wildman–Crippen LogP) is 1.78. The van der Waals surface area contributed by atoms with Crippen LogP contribution in [0.3, 0.4) is 0 Å². The number of amides is 1. The highest BCUT2D eigenvalue weighted by atomic mass is 19.1. The largest absolute Gasteiger partial charge is 0.377 e. The van der Waals surface area contributed by atoms with Crippen molar-refractivity contribution in [1.82, 2.24) is 5.32 Å². The van der Waals surface area contributed by atoms with E-state index in [4.69, 9.17) is 4.74 Å². The SMILES string of the molecule is CC(C)OCCNCC(=O)Nc1ccccc1F. The molecule has 5 heteroatoms. The van der Waals surface area contributed by atoms with E-state index in [1.807, 2.05) is 13.8 Å². The second-order valence-electron chi connectivity index (χ2n) is 4.12. The quantitative estimate of drug-likeness (QED) is 0.729. The van der Waals surface area contributed by atoms with E-state index in [9.17, 15) is 9.18 Å². The number of carbonyl (C=O) groups is 1. The highest BCUT2D eigenvalue weighted by molar-refractivity contribution is 5.92. The fraction of sp³-hybridized carbons (Fsp3) is 0.462. The first kappa shape index (κ1) is 14.6. The van der Waals surface area contributed by atoms with Gasteiger partial charge in [-0.25, -0.2) is 4.39 Å². The van der Waals surface area contributed by atoms with E-state index < -0.39 is 5.82 Å². The van der Waals surface area contributed by atoms with Gasteiger partial charge in [-0.15, -0.1) is 0 Å². The molecule has 0 atom stereocenters. The molecule has 0 unspecified atom stereocenters. The van der Waals surface area contributed by atoms with Gasteiger partial charge in [-0.2, -0.15) is 0 Å². The van der Waals surface area contributed by atoms with Gasteiger partial charge in [0.2, 0.25) is 5.91 Å². The number of nitrogens with one attached hydrogen (secondary N) is 2. The van der Waals surface area contributed by atoms with Crippen LogP contribution in [0.1, 0.15) is 13.8 Å². The van der Waals surface area contributed by atoms with Crippen LogP contribution in [0.25, 0.3) is 0 Å². The smallest absolute Gasteiger partial charge is 0.238 e. The van der Waals surface area contributed by atoms with Crippen LogP contribution in [0.2, 0.25) is 0 Å². The van der Waals surface area contributed by atoms with Crippen LogP contribution >= 0.6 is 0 Å². The van der Waals surface area contributed by atoms with Gasteiger partial charge in [0, 0.05) is 6.54 Å². The zero-order chi connectivity index (χ0) is 13.4. The van der Waals surface area contributed by atoms with Gasteiger partial charge in [-0.3, -0.25) is 4.79 Å². The summed E-state index contributed by atoms with van der Waals surface area (Å²) < 4.78 is 18.5. The number of hydrogen-bond acceptors (Lipinski definition) is 3. The van der Waals surface area contributed by atoms with Crippen LogP contribution in [0.4, 0.5) is 10.1 Å². The summed E-state index contributed by atoms with van der Waals surface area (Å²) in [6, 6.07) is 6.07. The van der Waals surface area contributed by atoms with Crippen LogP contribution < -0.4 is 10.6 Å². The van der Waals surface area contributed by atoms with E-state index in [1.54, 1.807) is 12.1 Å². The summed E-state index contributed by atoms with van der Waals surface area (Å²) in [6.07, 6.45) is 0.180. The first-order chi connectivity index (χ1) is 8.59. The molecule has 2 N–H and O–H groups in total. The fourth-order valence-corrected chi connectivity index (χ4v) is 1.33. The van der Waals surface area contributed by atoms with E-state index in [1.165, 1.54) is 12.1 Å². The fourth-order valence-electron chi connectivity index (χ4n) is 1.33. The minimum atomic E-state index is -0.436. The molecule has 0 radical (unpaired) electrons. The predicted molar refractivity (Wildman–Crippen MR) is 69.0 cm³/mol. The van der Waals surface area contributed by atoms with Crippen molar-refractivity contribution in [2.75, 3.05) is 25.0 Å². The standard InChI is InChI=1S/C13H19FN2O2/c1-10(2)18-8-7-15-9-13(17)16-12-6-4-3-5-11(12)14/h3-6,10,15H,7-9H2,1-2H3,(H,16,17). The number of ether oxygens (including phenoxy) is 1. The maximum absolute atomic E-state index is 13.2. The minimum Gasteiger partial charge on any atom is -0.377 e. The summed E-state index contributed by atoms with van der Waals surface area (Å²) in [5, 5.41) is 5.41. The van der Waals surface area contributed by atoms with E-state index >= 15 is 0 Å². The molecule has 0 aromatic heterocycles. The Labute approximate surface area is 107 Å². The lowest BCUT2D eigenvalue weighted by atomic mass is 10.3. The highest BCUT2D eigenvalue weighted by Gasteiger charge is 2.05. The molecular formula is C13H19FN2O2. The van der Waals surface area contributed by atoms with Crippen LogP contribution in [-0.4, -0.2) is 31.7 Å². The Morgan fingerprint density at radius 2 is 2.11 bits per heavy atom. The van der Waals surface area contributed by atoms with Gasteiger partial charge in [0.25, 0.3) is 0 Å². The van der Waals surface area contributed by atoms with Gasteiger partial charge in [0.15, 0.2) is 0 Å². The Bertz CT molecular complexity index is 383. The number of para-hydroxylation sites is 1. The summed E-state index contributed by atoms with van der Waals surface area (Å²) in [5.41, 5.74) is 0.197. The Kier molecular flexibility index (Phi) is 6.32. The van der Waals surface area contributed by atoms with Crippen LogP contribution in [-0.2, 0) is 9.53 Å². The van der Waals surface area contributed by atoms with Crippen molar-refractivity contribution >= 4 is 11.6 Å². The second-order valence-corrected chi connectivity index (χ2v) is 4.12. The van der Waals surface area contributed by atoms with E-state index in [-0.39, 0.29) is 24.2 Å². The summed E-state index contributed by atoms with van der Waals surface area (Å²) >= 11 is 0. The molecule has 0 bridgehead atoms. The first-order valence-electron chi connectivity index (χ1n) is 5.96. The van der Waals surface area contributed by atoms with E-state index in [0.717, 1.165) is 0 Å². The molecule has 0 saturated heterocycles. The molecule has 0 heterocycles. The molecule has 0 aliphatic carbocycles. The molecular weight excluding hydrogens is 235 g/mol. The lowest BCUT2D eigenvalue weighted by molar-refractivity contribution is -0.115. The van der Waals surface area contributed by atoms with Crippen molar-refractivity contribution in [3.63, 3.8) is 0 Å². The van der Waals surface area contributed by atoms with Gasteiger partial charge in [-0.05, 0) is 26.0 Å². The molecule has 0 aliphatic heterocycles. The minimum absolute atomic E-state index is 0.135. The van der Waals surface area contributed by atoms with Gasteiger partial charge in [-0.1, -0.05) is 12.1 Å². The Hall–Kier alpha value is -1.46. The van der Waals surface area contributed by atoms with E-state index in [2.05, 4.69) is 10.6 Å². The van der Waals surface area contributed by atoms with Crippen molar-refractivity contribution in [3.05, 3.63) is 30.1 Å². The van der Waals surface area contributed by atoms with Gasteiger partial charge >= 0.3 is 0 Å². The molecule has 0 fully saturated rings. The number of carbonyl (C=O) groups excluding carboxylic acids is 1. The number of anilines is 1. The number of hydrogen-bond donors (Lipinski definition) is 2. The van der Waals surface area contributed by atoms with Crippen molar-refractivity contribution in [2.45, 2.75) is 20.0 Å². The summed E-state index contributed by atoms with van der Waals surface area (Å²) in [5.74, 6) is -0.710. The molecule has 0 saturated carbocycles. The molecule has 0 aliphatic rings. The Morgan fingerprint density at radius 1 is 1.39 bits per heavy atom. The maximum Gasteiger partial charge on any atom is 0.238 e. The molecule has 1 aromatic carbocycles. The van der Waals surface area contributed by atoms with Crippen LogP contribution in [0.5, 0.6) is 0 Å². The van der Waals surface area contributed by atoms with Crippen molar-refractivity contribution < 1.29 is 13.9 Å². The van der Waals surface area contributed by atoms with Gasteiger partial charge in [0.1, 0.15) is 5.82 Å². The molecule has 0 spiro atoms. The van der Waals surface area contributed by atoms with E-state index in [0.29, 0.717) is 13.2 Å². The lowest BCUT2D eigenvalue weighted by Gasteiger charge is -2.09. The zero-order valence-corrected chi connectivity index (χ0v) is 10.7. The lowest BCUT2D eigenvalue weighted by Crippen LogP contribution is -2.31. The number of halogens is 1. The van der Waals surface area contributed by atoms with Gasteiger partial charge in [0.05, 0.1) is 24.9 Å². The maximum atomic E-state index is 13.2.